The van der Waals surface area contributed by atoms with E-state index in [0.29, 0.717) is 21.9 Å². The van der Waals surface area contributed by atoms with Gasteiger partial charge in [0.05, 0.1) is 29.8 Å². The molecule has 176 valence electrons. The molecular weight excluding hydrogens is 472 g/mol. The summed E-state index contributed by atoms with van der Waals surface area (Å²) in [4.78, 5) is 51.7. The Morgan fingerprint density at radius 1 is 1.15 bits per heavy atom. The van der Waals surface area contributed by atoms with E-state index in [1.54, 1.807) is 0 Å². The highest BCUT2D eigenvalue weighted by Crippen LogP contribution is 2.43. The molecule has 4 aliphatic heterocycles. The van der Waals surface area contributed by atoms with Crippen molar-refractivity contribution >= 4 is 40.0 Å². The van der Waals surface area contributed by atoms with Crippen molar-refractivity contribution in [3.63, 3.8) is 0 Å². The summed E-state index contributed by atoms with van der Waals surface area (Å²) in [6.07, 6.45) is -2.76. The van der Waals surface area contributed by atoms with Crippen LogP contribution in [0.15, 0.2) is 12.1 Å². The van der Waals surface area contributed by atoms with Crippen molar-refractivity contribution in [2.45, 2.75) is 24.9 Å². The summed E-state index contributed by atoms with van der Waals surface area (Å²) in [6.45, 7) is 0.0484. The Balaban J connectivity index is 1.29. The topological polar surface area (TPSA) is 164 Å². The first-order valence-electron chi connectivity index (χ1n) is 10.3. The fourth-order valence-electron chi connectivity index (χ4n) is 4.31. The lowest BCUT2D eigenvalue weighted by Crippen LogP contribution is -2.36. The van der Waals surface area contributed by atoms with Gasteiger partial charge in [0.15, 0.2) is 23.9 Å². The number of nitrogens with zero attached hydrogens (tertiary/aromatic N) is 1. The lowest BCUT2D eigenvalue weighted by molar-refractivity contribution is -0.117. The number of hydrogen-bond acceptors (Lipinski definition) is 10. The van der Waals surface area contributed by atoms with Crippen LogP contribution in [0, 0.1) is 0 Å². The minimum absolute atomic E-state index is 0.0119. The third-order valence-electron chi connectivity index (χ3n) is 5.99. The zero-order valence-corrected chi connectivity index (χ0v) is 18.0. The Labute approximate surface area is 194 Å². The Kier molecular flexibility index (Phi) is 4.64. The quantitative estimate of drug-likeness (QED) is 0.404. The number of aromatic carboxylic acids is 1. The highest BCUT2D eigenvalue weighted by Gasteiger charge is 2.45. The van der Waals surface area contributed by atoms with Crippen LogP contribution in [0.4, 0.5) is 5.00 Å². The number of ether oxygens (including phenoxy) is 4. The van der Waals surface area contributed by atoms with Crippen LogP contribution < -0.4 is 14.8 Å². The summed E-state index contributed by atoms with van der Waals surface area (Å²) in [6, 6.07) is 2.95. The molecule has 3 amide bonds. The number of carboxylic acids is 1. The number of amides is 3. The summed E-state index contributed by atoms with van der Waals surface area (Å²) < 4.78 is 21.1. The van der Waals surface area contributed by atoms with E-state index < -0.39 is 42.2 Å². The number of carbonyl (C=O) groups is 4. The summed E-state index contributed by atoms with van der Waals surface area (Å²) in [5.41, 5.74) is 0.779. The molecule has 3 atom stereocenters. The van der Waals surface area contributed by atoms with Gasteiger partial charge in [-0.3, -0.25) is 19.3 Å². The fraction of sp³-hybridized carbons (Fsp3) is 0.333. The van der Waals surface area contributed by atoms with Crippen molar-refractivity contribution in [3.8, 4) is 11.5 Å². The largest absolute Gasteiger partial charge is 0.478 e. The number of carboxylic acid groups (broad SMARTS) is 1. The van der Waals surface area contributed by atoms with Gasteiger partial charge >= 0.3 is 5.97 Å². The van der Waals surface area contributed by atoms with Crippen molar-refractivity contribution in [2.75, 3.05) is 25.3 Å². The number of anilines is 1. The molecule has 0 bridgehead atoms. The molecule has 1 fully saturated rings. The van der Waals surface area contributed by atoms with Gasteiger partial charge in [-0.2, -0.15) is 0 Å². The van der Waals surface area contributed by atoms with Gasteiger partial charge in [-0.05, 0) is 24.1 Å². The smallest absolute Gasteiger partial charge is 0.339 e. The Morgan fingerprint density at radius 2 is 1.79 bits per heavy atom. The second kappa shape index (κ2) is 7.50. The highest BCUT2D eigenvalue weighted by molar-refractivity contribution is 7.17. The van der Waals surface area contributed by atoms with Gasteiger partial charge in [0, 0.05) is 4.88 Å². The number of aliphatic hydroxyl groups excluding tert-OH is 1. The maximum atomic E-state index is 13.0. The van der Waals surface area contributed by atoms with E-state index in [2.05, 4.69) is 5.32 Å². The Morgan fingerprint density at radius 3 is 2.38 bits per heavy atom. The lowest BCUT2D eigenvalue weighted by atomic mass is 10.0. The molecule has 4 aliphatic rings. The van der Waals surface area contributed by atoms with Crippen LogP contribution in [0.25, 0.3) is 0 Å². The van der Waals surface area contributed by atoms with Crippen molar-refractivity contribution < 1.29 is 48.3 Å². The molecule has 2 aromatic rings. The molecule has 0 saturated carbocycles. The summed E-state index contributed by atoms with van der Waals surface area (Å²) >= 11 is 0.996. The predicted molar refractivity (Wildman–Crippen MR) is 111 cm³/mol. The molecule has 1 saturated heterocycles. The van der Waals surface area contributed by atoms with Gasteiger partial charge < -0.3 is 34.5 Å². The average Bonchev–Trinajstić information content (AvgIpc) is 3.13. The molecule has 3 N–H and O–H groups in total. The van der Waals surface area contributed by atoms with Crippen LogP contribution in [0.1, 0.15) is 47.6 Å². The van der Waals surface area contributed by atoms with Crippen LogP contribution in [0.2, 0.25) is 0 Å². The van der Waals surface area contributed by atoms with Crippen molar-refractivity contribution in [1.82, 2.24) is 4.90 Å². The summed E-state index contributed by atoms with van der Waals surface area (Å²) in [5, 5.41) is 21.6. The van der Waals surface area contributed by atoms with Gasteiger partial charge in [-0.25, -0.2) is 4.79 Å². The molecule has 12 nitrogen and oxygen atoms in total. The normalized spacial score (nSPS) is 24.1. The van der Waals surface area contributed by atoms with E-state index in [-0.39, 0.29) is 48.1 Å². The number of carbonyl (C=O) groups excluding carboxylic acids is 3. The monoisotopic (exact) mass is 488 g/mol. The number of benzene rings is 1. The number of hydrogen-bond donors (Lipinski definition) is 3. The number of aliphatic hydroxyl groups is 1. The van der Waals surface area contributed by atoms with Crippen molar-refractivity contribution in [1.29, 1.82) is 0 Å². The van der Waals surface area contributed by atoms with E-state index in [9.17, 15) is 29.4 Å². The third-order valence-corrected chi connectivity index (χ3v) is 7.23. The Bertz CT molecular complexity index is 1240. The first-order valence-corrected chi connectivity index (χ1v) is 11.1. The molecule has 6 rings (SSSR count). The molecule has 0 aliphatic carbocycles. The SMILES string of the molecule is O=C(O)c1c(NC(=O)C2OC2O)sc2c1CCOC2CN1C(=O)c2cc3c(cc2C1=O)OCO3. The zero-order valence-electron chi connectivity index (χ0n) is 17.2. The molecule has 3 unspecified atom stereocenters. The van der Waals surface area contributed by atoms with Gasteiger partial charge in [-0.15, -0.1) is 11.3 Å². The van der Waals surface area contributed by atoms with E-state index >= 15 is 0 Å². The van der Waals surface area contributed by atoms with Crippen LogP contribution in [0.3, 0.4) is 0 Å². The number of fused-ring (bicyclic) bond motifs is 3. The maximum absolute atomic E-state index is 13.0. The standard InChI is InChI=1S/C21H16N2O10S/c24-16(14-21(29)33-14)22-17-13(20(27)28)7-1-2-30-12(15(7)34-17)5-23-18(25)8-3-10-11(32-6-31-10)4-9(8)19(23)26/h3-4,12,14,21,29H,1-2,5-6H2,(H,22,24)(H,27,28). The maximum Gasteiger partial charge on any atom is 0.339 e. The number of nitrogens with one attached hydrogen (secondary N) is 1. The number of epoxide rings is 1. The van der Waals surface area contributed by atoms with E-state index in [0.717, 1.165) is 16.2 Å². The Hall–Kier alpha value is -3.52. The minimum atomic E-state index is -1.24. The second-order valence-electron chi connectivity index (χ2n) is 7.97. The van der Waals surface area contributed by atoms with Gasteiger partial charge in [0.2, 0.25) is 6.79 Å². The number of thiophene rings is 1. The minimum Gasteiger partial charge on any atom is -0.478 e. The first-order chi connectivity index (χ1) is 16.3. The molecule has 0 radical (unpaired) electrons. The molecule has 1 aromatic heterocycles. The summed E-state index contributed by atoms with van der Waals surface area (Å²) in [7, 11) is 0. The molecule has 1 aromatic carbocycles. The van der Waals surface area contributed by atoms with Crippen LogP contribution in [-0.2, 0) is 20.7 Å². The second-order valence-corrected chi connectivity index (χ2v) is 9.02. The summed E-state index contributed by atoms with van der Waals surface area (Å²) in [5.74, 6) is -2.17. The number of rotatable bonds is 5. The molecular formula is C21H16N2O10S. The van der Waals surface area contributed by atoms with E-state index in [1.807, 2.05) is 0 Å². The van der Waals surface area contributed by atoms with Crippen LogP contribution in [-0.4, -0.2) is 71.1 Å². The third kappa shape index (κ3) is 3.16. The molecule has 13 heteroatoms. The van der Waals surface area contributed by atoms with Crippen LogP contribution in [0.5, 0.6) is 11.5 Å². The van der Waals surface area contributed by atoms with Gasteiger partial charge in [0.1, 0.15) is 11.1 Å². The zero-order chi connectivity index (χ0) is 23.7. The molecule has 5 heterocycles. The van der Waals surface area contributed by atoms with Crippen molar-refractivity contribution in [2.24, 2.45) is 0 Å². The molecule has 0 spiro atoms. The van der Waals surface area contributed by atoms with Gasteiger partial charge in [0.25, 0.3) is 17.7 Å². The van der Waals surface area contributed by atoms with E-state index in [4.69, 9.17) is 18.9 Å². The van der Waals surface area contributed by atoms with Crippen LogP contribution >= 0.6 is 11.3 Å². The predicted octanol–water partition coefficient (Wildman–Crippen LogP) is 0.741. The van der Waals surface area contributed by atoms with Gasteiger partial charge in [-0.1, -0.05) is 0 Å². The fourth-order valence-corrected chi connectivity index (χ4v) is 5.59. The average molecular weight is 488 g/mol. The first kappa shape index (κ1) is 21.0. The highest BCUT2D eigenvalue weighted by atomic mass is 32.1. The molecule has 34 heavy (non-hydrogen) atoms. The lowest BCUT2D eigenvalue weighted by Gasteiger charge is -2.26. The van der Waals surface area contributed by atoms with Crippen molar-refractivity contribution in [3.05, 3.63) is 39.3 Å². The number of imide groups is 1. The van der Waals surface area contributed by atoms with E-state index in [1.165, 1.54) is 12.1 Å².